The summed E-state index contributed by atoms with van der Waals surface area (Å²) in [6.07, 6.45) is 1.19. The van der Waals surface area contributed by atoms with Gasteiger partial charge in [0.1, 0.15) is 0 Å². The van der Waals surface area contributed by atoms with E-state index in [0.29, 0.717) is 5.92 Å². The Morgan fingerprint density at radius 3 is 2.62 bits per heavy atom. The summed E-state index contributed by atoms with van der Waals surface area (Å²) >= 11 is 0. The van der Waals surface area contributed by atoms with Crippen LogP contribution < -0.4 is 5.73 Å². The van der Waals surface area contributed by atoms with Gasteiger partial charge in [-0.15, -0.1) is 0 Å². The Balaban J connectivity index is 2.39. The monoisotopic (exact) mass is 227 g/mol. The van der Waals surface area contributed by atoms with Crippen molar-refractivity contribution in [2.75, 3.05) is 33.7 Å². The van der Waals surface area contributed by atoms with Crippen LogP contribution in [0.25, 0.3) is 0 Å². The van der Waals surface area contributed by atoms with E-state index in [2.05, 4.69) is 11.9 Å². The summed E-state index contributed by atoms with van der Waals surface area (Å²) in [5, 5.41) is 0. The maximum Gasteiger partial charge on any atom is 0.239 e. The molecule has 0 saturated carbocycles. The Labute approximate surface area is 98.8 Å². The zero-order chi connectivity index (χ0) is 12.3. The van der Waals surface area contributed by atoms with Crippen LogP contribution in [0.15, 0.2) is 0 Å². The molecule has 1 rings (SSSR count). The lowest BCUT2D eigenvalue weighted by atomic mass is 10.0. The van der Waals surface area contributed by atoms with Gasteiger partial charge >= 0.3 is 0 Å². The first-order valence-corrected chi connectivity index (χ1v) is 6.11. The zero-order valence-electron chi connectivity index (χ0n) is 10.9. The van der Waals surface area contributed by atoms with Crippen LogP contribution in [0, 0.1) is 11.8 Å². The SMILES string of the molecule is CC(C)[C@@H](N)C(=O)N(C)CC1CCN(C)C1. The van der Waals surface area contributed by atoms with Gasteiger partial charge in [-0.25, -0.2) is 0 Å². The molecular formula is C12H25N3O. The largest absolute Gasteiger partial charge is 0.344 e. The topological polar surface area (TPSA) is 49.6 Å². The standard InChI is InChI=1S/C12H25N3O/c1-9(2)11(13)12(16)15(4)8-10-5-6-14(3)7-10/h9-11H,5-8,13H2,1-4H3/t10?,11-/m1/s1. The predicted molar refractivity (Wildman–Crippen MR) is 66.1 cm³/mol. The van der Waals surface area contributed by atoms with E-state index in [1.54, 1.807) is 4.90 Å². The van der Waals surface area contributed by atoms with E-state index < -0.39 is 0 Å². The van der Waals surface area contributed by atoms with Gasteiger partial charge in [-0.1, -0.05) is 13.8 Å². The number of hydrogen-bond donors (Lipinski definition) is 1. The average Bonchev–Trinajstić information content (AvgIpc) is 2.61. The van der Waals surface area contributed by atoms with Gasteiger partial charge < -0.3 is 15.5 Å². The number of likely N-dealkylation sites (tertiary alicyclic amines) is 1. The summed E-state index contributed by atoms with van der Waals surface area (Å²) in [6, 6.07) is -0.357. The maximum atomic E-state index is 11.9. The molecule has 0 aromatic heterocycles. The normalized spacial score (nSPS) is 23.8. The lowest BCUT2D eigenvalue weighted by molar-refractivity contribution is -0.132. The minimum Gasteiger partial charge on any atom is -0.344 e. The Morgan fingerprint density at radius 2 is 2.19 bits per heavy atom. The molecule has 1 aliphatic heterocycles. The van der Waals surface area contributed by atoms with Gasteiger partial charge in [-0.2, -0.15) is 0 Å². The highest BCUT2D eigenvalue weighted by Gasteiger charge is 2.26. The van der Waals surface area contributed by atoms with E-state index in [-0.39, 0.29) is 17.9 Å². The summed E-state index contributed by atoms with van der Waals surface area (Å²) < 4.78 is 0. The van der Waals surface area contributed by atoms with Crippen LogP contribution in [0.2, 0.25) is 0 Å². The zero-order valence-corrected chi connectivity index (χ0v) is 10.9. The lowest BCUT2D eigenvalue weighted by Crippen LogP contribution is -2.46. The Hall–Kier alpha value is -0.610. The summed E-state index contributed by atoms with van der Waals surface area (Å²) in [6.45, 7) is 7.04. The van der Waals surface area contributed by atoms with Crippen LogP contribution in [0.4, 0.5) is 0 Å². The first-order chi connectivity index (χ1) is 7.41. The molecule has 1 fully saturated rings. The van der Waals surface area contributed by atoms with Gasteiger partial charge in [-0.05, 0) is 31.8 Å². The van der Waals surface area contributed by atoms with Crippen molar-refractivity contribution in [1.29, 1.82) is 0 Å². The molecule has 4 nitrogen and oxygen atoms in total. The fourth-order valence-corrected chi connectivity index (χ4v) is 2.19. The van der Waals surface area contributed by atoms with Crippen molar-refractivity contribution < 1.29 is 4.79 Å². The third kappa shape index (κ3) is 3.46. The van der Waals surface area contributed by atoms with Crippen molar-refractivity contribution in [3.8, 4) is 0 Å². The quantitative estimate of drug-likeness (QED) is 0.755. The number of carbonyl (C=O) groups excluding carboxylic acids is 1. The van der Waals surface area contributed by atoms with Crippen LogP contribution in [-0.2, 0) is 4.79 Å². The Morgan fingerprint density at radius 1 is 1.56 bits per heavy atom. The van der Waals surface area contributed by atoms with Crippen molar-refractivity contribution in [3.63, 3.8) is 0 Å². The second-order valence-electron chi connectivity index (χ2n) is 5.41. The second-order valence-corrected chi connectivity index (χ2v) is 5.41. The van der Waals surface area contributed by atoms with E-state index in [1.807, 2.05) is 20.9 Å². The summed E-state index contributed by atoms with van der Waals surface area (Å²) in [5.41, 5.74) is 5.86. The average molecular weight is 227 g/mol. The number of amides is 1. The second kappa shape index (κ2) is 5.64. The van der Waals surface area contributed by atoms with E-state index in [0.717, 1.165) is 19.6 Å². The van der Waals surface area contributed by atoms with Crippen LogP contribution in [0.5, 0.6) is 0 Å². The van der Waals surface area contributed by atoms with Crippen LogP contribution in [0.3, 0.4) is 0 Å². The number of hydrogen-bond acceptors (Lipinski definition) is 3. The van der Waals surface area contributed by atoms with Crippen LogP contribution >= 0.6 is 0 Å². The Bertz CT molecular complexity index is 242. The van der Waals surface area contributed by atoms with Crippen molar-refractivity contribution in [3.05, 3.63) is 0 Å². The molecule has 0 radical (unpaired) electrons. The highest BCUT2D eigenvalue weighted by atomic mass is 16.2. The van der Waals surface area contributed by atoms with Crippen molar-refractivity contribution in [2.24, 2.45) is 17.6 Å². The van der Waals surface area contributed by atoms with Gasteiger partial charge in [0.2, 0.25) is 5.91 Å². The molecule has 2 atom stereocenters. The van der Waals surface area contributed by atoms with Gasteiger partial charge in [-0.3, -0.25) is 4.79 Å². The summed E-state index contributed by atoms with van der Waals surface area (Å²) in [7, 11) is 3.99. The van der Waals surface area contributed by atoms with E-state index >= 15 is 0 Å². The highest BCUT2D eigenvalue weighted by molar-refractivity contribution is 5.81. The fraction of sp³-hybridized carbons (Fsp3) is 0.917. The Kier molecular flexibility index (Phi) is 4.74. The van der Waals surface area contributed by atoms with Gasteiger partial charge in [0.15, 0.2) is 0 Å². The molecule has 0 spiro atoms. The molecule has 0 aromatic carbocycles. The third-order valence-corrected chi connectivity index (χ3v) is 3.40. The molecule has 1 aliphatic rings. The van der Waals surface area contributed by atoms with Gasteiger partial charge in [0.25, 0.3) is 0 Å². The lowest BCUT2D eigenvalue weighted by Gasteiger charge is -2.25. The first kappa shape index (κ1) is 13.5. The smallest absolute Gasteiger partial charge is 0.239 e. The van der Waals surface area contributed by atoms with E-state index in [9.17, 15) is 4.79 Å². The first-order valence-electron chi connectivity index (χ1n) is 6.11. The van der Waals surface area contributed by atoms with Crippen LogP contribution in [0.1, 0.15) is 20.3 Å². The fourth-order valence-electron chi connectivity index (χ4n) is 2.19. The summed E-state index contributed by atoms with van der Waals surface area (Å²) in [5.74, 6) is 0.893. The molecule has 0 aliphatic carbocycles. The number of nitrogens with zero attached hydrogens (tertiary/aromatic N) is 2. The molecule has 94 valence electrons. The molecule has 0 aromatic rings. The minimum absolute atomic E-state index is 0.0737. The number of rotatable bonds is 4. The number of carbonyl (C=O) groups is 1. The molecule has 1 amide bonds. The molecule has 0 bridgehead atoms. The summed E-state index contributed by atoms with van der Waals surface area (Å²) in [4.78, 5) is 16.1. The number of nitrogens with two attached hydrogens (primary N) is 1. The molecule has 4 heteroatoms. The van der Waals surface area contributed by atoms with Crippen molar-refractivity contribution in [2.45, 2.75) is 26.3 Å². The molecule has 16 heavy (non-hydrogen) atoms. The minimum atomic E-state index is -0.357. The molecule has 1 saturated heterocycles. The highest BCUT2D eigenvalue weighted by Crippen LogP contribution is 2.15. The maximum absolute atomic E-state index is 11.9. The van der Waals surface area contributed by atoms with E-state index in [4.69, 9.17) is 5.73 Å². The molecule has 2 N–H and O–H groups in total. The molecule has 1 heterocycles. The predicted octanol–water partition coefficient (Wildman–Crippen LogP) is 0.380. The van der Waals surface area contributed by atoms with Gasteiger partial charge in [0.05, 0.1) is 6.04 Å². The van der Waals surface area contributed by atoms with Crippen LogP contribution in [-0.4, -0.2) is 55.5 Å². The van der Waals surface area contributed by atoms with E-state index in [1.165, 1.54) is 6.42 Å². The third-order valence-electron chi connectivity index (χ3n) is 3.40. The molecule has 1 unspecified atom stereocenters. The molecular weight excluding hydrogens is 202 g/mol. The van der Waals surface area contributed by atoms with Crippen molar-refractivity contribution >= 4 is 5.91 Å². The number of likely N-dealkylation sites (N-methyl/N-ethyl adjacent to an activating group) is 1. The van der Waals surface area contributed by atoms with Gasteiger partial charge in [0, 0.05) is 20.1 Å². The van der Waals surface area contributed by atoms with Crippen molar-refractivity contribution in [1.82, 2.24) is 9.80 Å².